The molecule has 1 aromatic rings. The molecule has 1 aliphatic heterocycles. The molecule has 4 heteroatoms. The van der Waals surface area contributed by atoms with Gasteiger partial charge in [0.15, 0.2) is 0 Å². The van der Waals surface area contributed by atoms with Crippen molar-refractivity contribution in [1.82, 2.24) is 0 Å². The summed E-state index contributed by atoms with van der Waals surface area (Å²) in [5.74, 6) is -0.212. The van der Waals surface area contributed by atoms with Crippen LogP contribution in [0, 0.1) is 0 Å². The fourth-order valence-electron chi connectivity index (χ4n) is 2.40. The third-order valence-corrected chi connectivity index (χ3v) is 3.01. The molecule has 0 radical (unpaired) electrons. The zero-order valence-electron chi connectivity index (χ0n) is 11.8. The van der Waals surface area contributed by atoms with Crippen LogP contribution >= 0.6 is 0 Å². The van der Waals surface area contributed by atoms with Crippen LogP contribution in [-0.4, -0.2) is 30.7 Å². The van der Waals surface area contributed by atoms with Gasteiger partial charge in [-0.25, -0.2) is 0 Å². The molecule has 1 aliphatic rings. The smallest absolute Gasteiger partial charge is 0.326 e. The van der Waals surface area contributed by atoms with E-state index in [-0.39, 0.29) is 18.6 Å². The third kappa shape index (κ3) is 3.70. The van der Waals surface area contributed by atoms with Gasteiger partial charge in [0.2, 0.25) is 0 Å². The second-order valence-electron chi connectivity index (χ2n) is 6.06. The first-order valence-electron chi connectivity index (χ1n) is 6.65. The predicted octanol–water partition coefficient (Wildman–Crippen LogP) is 1.72. The molecular formula is C15H22N2O2. The Balaban J connectivity index is 2.11. The van der Waals surface area contributed by atoms with Gasteiger partial charge in [0.05, 0.1) is 0 Å². The summed E-state index contributed by atoms with van der Waals surface area (Å²) in [7, 11) is 0. The standard InChI is InChI=1S/C15H22N2O2/c1-15(2,3)19-14(18)10-17-9-12(16)8-11-6-4-5-7-13(11)17/h4-7,12H,8-10,16H2,1-3H3. The largest absolute Gasteiger partial charge is 0.459 e. The van der Waals surface area contributed by atoms with E-state index in [1.807, 2.05) is 43.9 Å². The van der Waals surface area contributed by atoms with E-state index in [4.69, 9.17) is 10.5 Å². The number of anilines is 1. The van der Waals surface area contributed by atoms with E-state index in [1.54, 1.807) is 0 Å². The van der Waals surface area contributed by atoms with Crippen LogP contribution in [-0.2, 0) is 16.0 Å². The molecule has 1 atom stereocenters. The molecule has 1 aromatic carbocycles. The number of benzene rings is 1. The monoisotopic (exact) mass is 262 g/mol. The number of para-hydroxylation sites is 1. The summed E-state index contributed by atoms with van der Waals surface area (Å²) in [4.78, 5) is 14.0. The van der Waals surface area contributed by atoms with Crippen molar-refractivity contribution in [3.05, 3.63) is 29.8 Å². The van der Waals surface area contributed by atoms with Crippen molar-refractivity contribution in [2.24, 2.45) is 5.73 Å². The van der Waals surface area contributed by atoms with E-state index in [1.165, 1.54) is 5.56 Å². The SMILES string of the molecule is CC(C)(C)OC(=O)CN1CC(N)Cc2ccccc21. The maximum atomic E-state index is 11.9. The second kappa shape index (κ2) is 5.21. The van der Waals surface area contributed by atoms with Gasteiger partial charge in [0.25, 0.3) is 0 Å². The van der Waals surface area contributed by atoms with E-state index < -0.39 is 5.60 Å². The maximum Gasteiger partial charge on any atom is 0.326 e. The number of ether oxygens (including phenoxy) is 1. The van der Waals surface area contributed by atoms with Crippen molar-refractivity contribution in [3.63, 3.8) is 0 Å². The zero-order chi connectivity index (χ0) is 14.0. The summed E-state index contributed by atoms with van der Waals surface area (Å²) < 4.78 is 5.37. The van der Waals surface area contributed by atoms with Crippen molar-refractivity contribution in [3.8, 4) is 0 Å². The van der Waals surface area contributed by atoms with E-state index in [0.29, 0.717) is 6.54 Å². The maximum absolute atomic E-state index is 11.9. The molecule has 19 heavy (non-hydrogen) atoms. The molecule has 0 aromatic heterocycles. The molecule has 0 saturated heterocycles. The first kappa shape index (κ1) is 13.9. The van der Waals surface area contributed by atoms with Crippen LogP contribution in [0.5, 0.6) is 0 Å². The number of rotatable bonds is 2. The van der Waals surface area contributed by atoms with Gasteiger partial charge < -0.3 is 15.4 Å². The molecule has 1 unspecified atom stereocenters. The van der Waals surface area contributed by atoms with Gasteiger partial charge in [-0.3, -0.25) is 4.79 Å². The minimum atomic E-state index is -0.450. The first-order valence-corrected chi connectivity index (χ1v) is 6.65. The molecule has 104 valence electrons. The Morgan fingerprint density at radius 1 is 1.42 bits per heavy atom. The zero-order valence-corrected chi connectivity index (χ0v) is 11.8. The Kier molecular flexibility index (Phi) is 3.80. The first-order chi connectivity index (χ1) is 8.85. The Hall–Kier alpha value is -1.55. The van der Waals surface area contributed by atoms with Gasteiger partial charge in [-0.2, -0.15) is 0 Å². The fourth-order valence-corrected chi connectivity index (χ4v) is 2.40. The topological polar surface area (TPSA) is 55.6 Å². The molecule has 4 nitrogen and oxygen atoms in total. The van der Waals surface area contributed by atoms with Crippen LogP contribution in [0.15, 0.2) is 24.3 Å². The number of esters is 1. The lowest BCUT2D eigenvalue weighted by molar-refractivity contribution is -0.153. The molecule has 0 spiro atoms. The predicted molar refractivity (Wildman–Crippen MR) is 76.2 cm³/mol. The highest BCUT2D eigenvalue weighted by molar-refractivity contribution is 5.77. The third-order valence-electron chi connectivity index (χ3n) is 3.01. The molecule has 1 heterocycles. The molecule has 0 saturated carbocycles. The Bertz CT molecular complexity index is 465. The summed E-state index contributed by atoms with van der Waals surface area (Å²) in [6, 6.07) is 8.15. The van der Waals surface area contributed by atoms with Crippen molar-refractivity contribution in [2.45, 2.75) is 38.8 Å². The molecule has 2 rings (SSSR count). The Labute approximate surface area is 114 Å². The molecular weight excluding hydrogens is 240 g/mol. The average Bonchev–Trinajstić information content (AvgIpc) is 2.25. The number of carbonyl (C=O) groups excluding carboxylic acids is 1. The van der Waals surface area contributed by atoms with Crippen molar-refractivity contribution >= 4 is 11.7 Å². The van der Waals surface area contributed by atoms with Gasteiger partial charge in [0.1, 0.15) is 12.1 Å². The van der Waals surface area contributed by atoms with E-state index in [9.17, 15) is 4.79 Å². The second-order valence-corrected chi connectivity index (χ2v) is 6.06. The summed E-state index contributed by atoms with van der Waals surface area (Å²) in [6.45, 7) is 6.57. The van der Waals surface area contributed by atoms with Crippen LogP contribution < -0.4 is 10.6 Å². The molecule has 0 amide bonds. The lowest BCUT2D eigenvalue weighted by Gasteiger charge is -2.34. The average molecular weight is 262 g/mol. The number of hydrogen-bond donors (Lipinski definition) is 1. The summed E-state index contributed by atoms with van der Waals surface area (Å²) in [6.07, 6.45) is 0.862. The van der Waals surface area contributed by atoms with E-state index in [2.05, 4.69) is 6.07 Å². The number of fused-ring (bicyclic) bond motifs is 1. The molecule has 2 N–H and O–H groups in total. The number of nitrogens with zero attached hydrogens (tertiary/aromatic N) is 1. The lowest BCUT2D eigenvalue weighted by atomic mass is 9.98. The van der Waals surface area contributed by atoms with Crippen LogP contribution in [0.2, 0.25) is 0 Å². The van der Waals surface area contributed by atoms with Crippen molar-refractivity contribution in [1.29, 1.82) is 0 Å². The Morgan fingerprint density at radius 2 is 2.11 bits per heavy atom. The normalized spacial score (nSPS) is 18.9. The highest BCUT2D eigenvalue weighted by atomic mass is 16.6. The summed E-state index contributed by atoms with van der Waals surface area (Å²) >= 11 is 0. The quantitative estimate of drug-likeness (QED) is 0.825. The Morgan fingerprint density at radius 3 is 2.79 bits per heavy atom. The highest BCUT2D eigenvalue weighted by Gasteiger charge is 2.25. The van der Waals surface area contributed by atoms with Crippen LogP contribution in [0.3, 0.4) is 0 Å². The number of hydrogen-bond acceptors (Lipinski definition) is 4. The van der Waals surface area contributed by atoms with Gasteiger partial charge >= 0.3 is 5.97 Å². The fraction of sp³-hybridized carbons (Fsp3) is 0.533. The van der Waals surface area contributed by atoms with E-state index in [0.717, 1.165) is 12.1 Å². The van der Waals surface area contributed by atoms with Crippen LogP contribution in [0.1, 0.15) is 26.3 Å². The summed E-state index contributed by atoms with van der Waals surface area (Å²) in [5.41, 5.74) is 7.89. The molecule has 0 aliphatic carbocycles. The van der Waals surface area contributed by atoms with Crippen LogP contribution in [0.4, 0.5) is 5.69 Å². The van der Waals surface area contributed by atoms with Crippen LogP contribution in [0.25, 0.3) is 0 Å². The van der Waals surface area contributed by atoms with Gasteiger partial charge in [-0.15, -0.1) is 0 Å². The highest BCUT2D eigenvalue weighted by Crippen LogP contribution is 2.26. The van der Waals surface area contributed by atoms with Gasteiger partial charge in [-0.05, 0) is 38.8 Å². The summed E-state index contributed by atoms with van der Waals surface area (Å²) in [5, 5.41) is 0. The number of carbonyl (C=O) groups is 1. The minimum Gasteiger partial charge on any atom is -0.459 e. The van der Waals surface area contributed by atoms with Gasteiger partial charge in [-0.1, -0.05) is 18.2 Å². The molecule has 0 bridgehead atoms. The van der Waals surface area contributed by atoms with Crippen molar-refractivity contribution in [2.75, 3.05) is 18.0 Å². The van der Waals surface area contributed by atoms with E-state index >= 15 is 0 Å². The lowest BCUT2D eigenvalue weighted by Crippen LogP contribution is -2.46. The number of nitrogens with two attached hydrogens (primary N) is 1. The minimum absolute atomic E-state index is 0.0670. The molecule has 0 fully saturated rings. The van der Waals surface area contributed by atoms with Crippen molar-refractivity contribution < 1.29 is 9.53 Å². The van der Waals surface area contributed by atoms with Gasteiger partial charge in [0, 0.05) is 18.3 Å².